The van der Waals surface area contributed by atoms with E-state index in [0.29, 0.717) is 12.0 Å². The van der Waals surface area contributed by atoms with Crippen LogP contribution in [0.5, 0.6) is 0 Å². The molecular formula is C26H36FNO4. The fourth-order valence-electron chi connectivity index (χ4n) is 7.80. The minimum absolute atomic E-state index is 0.0163. The predicted molar refractivity (Wildman–Crippen MR) is 119 cm³/mol. The normalized spacial score (nSPS) is 45.9. The van der Waals surface area contributed by atoms with Crippen LogP contribution in [0.25, 0.3) is 0 Å². The average Bonchev–Trinajstić information content (AvgIpc) is 2.98. The summed E-state index contributed by atoms with van der Waals surface area (Å²) in [6, 6.07) is -0.0790. The van der Waals surface area contributed by atoms with Crippen LogP contribution in [-0.4, -0.2) is 40.9 Å². The first kappa shape index (κ1) is 23.3. The second kappa shape index (κ2) is 7.89. The third-order valence-electron chi connectivity index (χ3n) is 9.31. The van der Waals surface area contributed by atoms with E-state index in [1.807, 2.05) is 34.6 Å². The summed E-state index contributed by atoms with van der Waals surface area (Å²) in [5, 5.41) is 14.2. The van der Waals surface area contributed by atoms with E-state index in [0.717, 1.165) is 12.8 Å². The Bertz CT molecular complexity index is 896. The molecule has 6 heteroatoms. The molecule has 4 aliphatic rings. The maximum atomic E-state index is 15.4. The van der Waals surface area contributed by atoms with Gasteiger partial charge in [0.25, 0.3) is 5.91 Å². The lowest BCUT2D eigenvalue weighted by Crippen LogP contribution is -2.58. The van der Waals surface area contributed by atoms with E-state index in [2.05, 4.69) is 5.32 Å². The number of hydrogen-bond acceptors (Lipinski definition) is 4. The third kappa shape index (κ3) is 3.32. The number of amides is 1. The van der Waals surface area contributed by atoms with Gasteiger partial charge in [0, 0.05) is 23.3 Å². The van der Waals surface area contributed by atoms with Crippen LogP contribution in [0.3, 0.4) is 0 Å². The summed E-state index contributed by atoms with van der Waals surface area (Å²) in [6.07, 6.45) is 4.81. The van der Waals surface area contributed by atoms with Crippen LogP contribution in [0, 0.1) is 40.4 Å². The number of allylic oxidation sites excluding steroid dienone is 4. The number of fused-ring (bicyclic) bond motifs is 5. The van der Waals surface area contributed by atoms with Crippen molar-refractivity contribution in [3.8, 4) is 0 Å². The molecule has 1 unspecified atom stereocenters. The molecule has 4 rings (SSSR count). The van der Waals surface area contributed by atoms with Gasteiger partial charge in [0.2, 0.25) is 5.78 Å². The number of carbonyl (C=O) groups excluding carboxylic acids is 3. The van der Waals surface area contributed by atoms with Crippen LogP contribution < -0.4 is 5.32 Å². The Morgan fingerprint density at radius 1 is 1.31 bits per heavy atom. The molecule has 0 aliphatic heterocycles. The molecule has 4 aliphatic carbocycles. The van der Waals surface area contributed by atoms with Gasteiger partial charge >= 0.3 is 0 Å². The van der Waals surface area contributed by atoms with Gasteiger partial charge in [-0.15, -0.1) is 0 Å². The highest BCUT2D eigenvalue weighted by atomic mass is 19.1. The summed E-state index contributed by atoms with van der Waals surface area (Å²) in [7, 11) is 0. The van der Waals surface area contributed by atoms with Crippen LogP contribution in [0.2, 0.25) is 0 Å². The molecule has 0 aromatic rings. The zero-order chi connectivity index (χ0) is 23.6. The van der Waals surface area contributed by atoms with Gasteiger partial charge in [0.05, 0.1) is 6.10 Å². The number of rotatable bonds is 4. The summed E-state index contributed by atoms with van der Waals surface area (Å²) < 4.78 is 15.4. The Morgan fingerprint density at radius 3 is 2.66 bits per heavy atom. The van der Waals surface area contributed by atoms with E-state index in [4.69, 9.17) is 0 Å². The summed E-state index contributed by atoms with van der Waals surface area (Å²) in [6.45, 7) is 9.78. The van der Waals surface area contributed by atoms with Crippen molar-refractivity contribution in [3.63, 3.8) is 0 Å². The second-order valence-corrected chi connectivity index (χ2v) is 11.2. The number of aliphatic hydroxyl groups excluding tert-OH is 1. The summed E-state index contributed by atoms with van der Waals surface area (Å²) in [5.74, 6) is -1.95. The number of Topliss-reactive ketones (excluding diaryl/α,β-unsaturated/α-hetero) is 1. The van der Waals surface area contributed by atoms with Crippen molar-refractivity contribution in [1.82, 2.24) is 5.32 Å². The molecule has 10 atom stereocenters. The van der Waals surface area contributed by atoms with Crippen molar-refractivity contribution >= 4 is 17.5 Å². The van der Waals surface area contributed by atoms with E-state index in [-0.39, 0.29) is 41.9 Å². The van der Waals surface area contributed by atoms with Crippen molar-refractivity contribution in [2.24, 2.45) is 40.4 Å². The highest BCUT2D eigenvalue weighted by Crippen LogP contribution is 2.67. The molecule has 3 saturated carbocycles. The Morgan fingerprint density at radius 2 is 2.00 bits per heavy atom. The van der Waals surface area contributed by atoms with E-state index >= 15 is 4.39 Å². The average molecular weight is 446 g/mol. The van der Waals surface area contributed by atoms with Crippen LogP contribution in [0.1, 0.15) is 60.3 Å². The molecule has 2 N–H and O–H groups in total. The topological polar surface area (TPSA) is 83.5 Å². The maximum Gasteiger partial charge on any atom is 0.287 e. The van der Waals surface area contributed by atoms with Crippen LogP contribution in [0.4, 0.5) is 4.39 Å². The van der Waals surface area contributed by atoms with Crippen molar-refractivity contribution in [3.05, 3.63) is 23.8 Å². The van der Waals surface area contributed by atoms with E-state index in [1.54, 1.807) is 6.08 Å². The number of halogens is 1. The lowest BCUT2D eigenvalue weighted by molar-refractivity contribution is -0.151. The molecule has 176 valence electrons. The van der Waals surface area contributed by atoms with Crippen LogP contribution in [0.15, 0.2) is 23.8 Å². The lowest BCUT2D eigenvalue weighted by atomic mass is 9.46. The molecular weight excluding hydrogens is 409 g/mol. The summed E-state index contributed by atoms with van der Waals surface area (Å²) >= 11 is 0. The second-order valence-electron chi connectivity index (χ2n) is 11.2. The van der Waals surface area contributed by atoms with Crippen molar-refractivity contribution in [2.75, 3.05) is 0 Å². The molecule has 32 heavy (non-hydrogen) atoms. The number of ketones is 2. The smallest absolute Gasteiger partial charge is 0.287 e. The molecule has 0 bridgehead atoms. The maximum absolute atomic E-state index is 15.4. The summed E-state index contributed by atoms with van der Waals surface area (Å²) in [4.78, 5) is 38.0. The Labute approximate surface area is 189 Å². The zero-order valence-corrected chi connectivity index (χ0v) is 19.7. The number of alkyl halides is 1. The highest BCUT2D eigenvalue weighted by Gasteiger charge is 2.66. The SMILES string of the molecule is CCC(C)NC(=O)C(=O)[C@H]1[C@H](C)C[C@H]2[C@@H]3C[C@H](F)C4=CC(=O)C=C[C@]4(C)[C@H]3[C@@H](O)C[C@@]21C. The van der Waals surface area contributed by atoms with Gasteiger partial charge in [-0.2, -0.15) is 0 Å². The monoisotopic (exact) mass is 445 g/mol. The molecule has 0 aromatic carbocycles. The fraction of sp³-hybridized carbons (Fsp3) is 0.731. The number of nitrogens with one attached hydrogen (secondary N) is 1. The minimum atomic E-state index is -1.25. The van der Waals surface area contributed by atoms with Crippen molar-refractivity contribution < 1.29 is 23.9 Å². The van der Waals surface area contributed by atoms with Gasteiger partial charge < -0.3 is 10.4 Å². The van der Waals surface area contributed by atoms with Gasteiger partial charge in [-0.3, -0.25) is 14.4 Å². The molecule has 5 nitrogen and oxygen atoms in total. The molecule has 0 spiro atoms. The molecule has 0 heterocycles. The minimum Gasteiger partial charge on any atom is -0.393 e. The predicted octanol–water partition coefficient (Wildman–Crippen LogP) is 3.56. The summed E-state index contributed by atoms with van der Waals surface area (Å²) in [5.41, 5.74) is -0.800. The van der Waals surface area contributed by atoms with Gasteiger partial charge in [-0.1, -0.05) is 33.8 Å². The number of carbonyl (C=O) groups is 3. The first-order chi connectivity index (χ1) is 14.9. The Balaban J connectivity index is 1.68. The molecule has 0 radical (unpaired) electrons. The van der Waals surface area contributed by atoms with Gasteiger partial charge in [0.15, 0.2) is 5.78 Å². The first-order valence-corrected chi connectivity index (χ1v) is 12.1. The molecule has 0 saturated heterocycles. The van der Waals surface area contributed by atoms with Crippen LogP contribution in [-0.2, 0) is 14.4 Å². The van der Waals surface area contributed by atoms with E-state index < -0.39 is 40.7 Å². The fourth-order valence-corrected chi connectivity index (χ4v) is 7.80. The Kier molecular flexibility index (Phi) is 5.76. The quantitative estimate of drug-likeness (QED) is 0.648. The molecule has 3 fully saturated rings. The standard InChI is InChI=1S/C26H36FNO4/c1-6-14(3)28-24(32)23(31)21-13(2)9-17-16-11-19(27)18-10-15(29)7-8-25(18,4)22(16)20(30)12-26(17,21)5/h7-8,10,13-14,16-17,19-22,30H,6,9,11-12H2,1-5H3,(H,28,32)/t13-,14?,16+,17+,19+,20+,21-,22-,25+,26+/m1/s1. The number of hydrogen-bond donors (Lipinski definition) is 2. The van der Waals surface area contributed by atoms with Crippen molar-refractivity contribution in [2.45, 2.75) is 78.6 Å². The molecule has 0 aromatic heterocycles. The van der Waals surface area contributed by atoms with E-state index in [9.17, 15) is 19.5 Å². The van der Waals surface area contributed by atoms with Gasteiger partial charge in [0.1, 0.15) is 6.17 Å². The first-order valence-electron chi connectivity index (χ1n) is 12.1. The number of aliphatic hydroxyl groups is 1. The highest BCUT2D eigenvalue weighted by molar-refractivity contribution is 6.37. The Hall–Kier alpha value is -1.82. The van der Waals surface area contributed by atoms with Crippen LogP contribution >= 0.6 is 0 Å². The van der Waals surface area contributed by atoms with E-state index in [1.165, 1.54) is 12.2 Å². The largest absolute Gasteiger partial charge is 0.393 e. The van der Waals surface area contributed by atoms with Gasteiger partial charge in [-0.05, 0) is 73.5 Å². The molecule has 1 amide bonds. The third-order valence-corrected chi connectivity index (χ3v) is 9.31. The van der Waals surface area contributed by atoms with Crippen molar-refractivity contribution in [1.29, 1.82) is 0 Å². The lowest BCUT2D eigenvalue weighted by Gasteiger charge is -2.59. The van der Waals surface area contributed by atoms with Gasteiger partial charge in [-0.25, -0.2) is 4.39 Å². The zero-order valence-electron chi connectivity index (χ0n) is 19.7.